The quantitative estimate of drug-likeness (QED) is 0.716. The van der Waals surface area contributed by atoms with Crippen molar-refractivity contribution < 1.29 is 4.74 Å². The van der Waals surface area contributed by atoms with E-state index >= 15 is 0 Å². The number of aromatic nitrogens is 2. The maximum atomic E-state index is 5.44. The Kier molecular flexibility index (Phi) is 5.15. The number of ether oxygens (including phenoxy) is 1. The van der Waals surface area contributed by atoms with E-state index in [2.05, 4.69) is 43.2 Å². The zero-order chi connectivity index (χ0) is 12.9. The number of aromatic amines is 1. The molecule has 98 valence electrons. The van der Waals surface area contributed by atoms with Gasteiger partial charge in [-0.2, -0.15) is 5.10 Å². The van der Waals surface area contributed by atoms with Crippen molar-refractivity contribution >= 4 is 0 Å². The fourth-order valence-electron chi connectivity index (χ4n) is 1.65. The molecule has 0 aliphatic carbocycles. The van der Waals surface area contributed by atoms with Crippen molar-refractivity contribution in [3.05, 3.63) is 17.5 Å². The van der Waals surface area contributed by atoms with Crippen LogP contribution in [0, 0.1) is 6.92 Å². The van der Waals surface area contributed by atoms with Crippen molar-refractivity contribution in [1.82, 2.24) is 15.5 Å². The van der Waals surface area contributed by atoms with Crippen LogP contribution < -0.4 is 5.32 Å². The van der Waals surface area contributed by atoms with E-state index in [1.54, 1.807) is 7.11 Å². The molecule has 1 aromatic heterocycles. The molecule has 0 bridgehead atoms. The Hall–Kier alpha value is -0.870. The van der Waals surface area contributed by atoms with E-state index in [0.717, 1.165) is 19.4 Å². The maximum Gasteiger partial charge on any atom is 0.0772 e. The summed E-state index contributed by atoms with van der Waals surface area (Å²) in [4.78, 5) is 0. The molecule has 1 unspecified atom stereocenters. The zero-order valence-electron chi connectivity index (χ0n) is 11.6. The molecule has 0 fully saturated rings. The van der Waals surface area contributed by atoms with Crippen LogP contribution in [0.2, 0.25) is 0 Å². The third kappa shape index (κ3) is 4.13. The summed E-state index contributed by atoms with van der Waals surface area (Å²) >= 11 is 0. The molecule has 1 rings (SSSR count). The largest absolute Gasteiger partial charge is 0.377 e. The SMILES string of the molecule is COC(C)(C)C(C)NCCCc1cn[nH]c1C. The second-order valence-electron chi connectivity index (χ2n) is 5.11. The maximum absolute atomic E-state index is 5.44. The first-order chi connectivity index (χ1) is 7.97. The van der Waals surface area contributed by atoms with Crippen molar-refractivity contribution in [3.8, 4) is 0 Å². The molecule has 1 heterocycles. The number of aryl methyl sites for hydroxylation is 2. The molecule has 4 nitrogen and oxygen atoms in total. The van der Waals surface area contributed by atoms with Crippen molar-refractivity contribution in [2.24, 2.45) is 0 Å². The molecular weight excluding hydrogens is 214 g/mol. The highest BCUT2D eigenvalue weighted by molar-refractivity contribution is 5.14. The van der Waals surface area contributed by atoms with E-state index in [0.29, 0.717) is 6.04 Å². The van der Waals surface area contributed by atoms with E-state index in [-0.39, 0.29) is 5.60 Å². The van der Waals surface area contributed by atoms with Gasteiger partial charge in [0.05, 0.1) is 11.8 Å². The third-order valence-corrected chi connectivity index (χ3v) is 3.58. The zero-order valence-corrected chi connectivity index (χ0v) is 11.6. The van der Waals surface area contributed by atoms with Crippen LogP contribution in [0.5, 0.6) is 0 Å². The fourth-order valence-corrected chi connectivity index (χ4v) is 1.65. The predicted molar refractivity (Wildman–Crippen MR) is 70.2 cm³/mol. The standard InChI is InChI=1S/C13H25N3O/c1-10-12(9-15-16-10)7-6-8-14-11(2)13(3,4)17-5/h9,11,14H,6-8H2,1-5H3,(H,15,16). The number of nitrogens with one attached hydrogen (secondary N) is 2. The Bertz CT molecular complexity index is 333. The van der Waals surface area contributed by atoms with Gasteiger partial charge in [-0.05, 0) is 52.6 Å². The summed E-state index contributed by atoms with van der Waals surface area (Å²) in [5.41, 5.74) is 2.37. The summed E-state index contributed by atoms with van der Waals surface area (Å²) in [6.07, 6.45) is 4.10. The summed E-state index contributed by atoms with van der Waals surface area (Å²) in [6.45, 7) is 9.42. The molecule has 0 aliphatic heterocycles. The van der Waals surface area contributed by atoms with Crippen molar-refractivity contribution in [2.75, 3.05) is 13.7 Å². The predicted octanol–water partition coefficient (Wildman–Crippen LogP) is 2.05. The van der Waals surface area contributed by atoms with E-state index in [1.165, 1.54) is 11.3 Å². The number of methoxy groups -OCH3 is 1. The molecular formula is C13H25N3O. The van der Waals surface area contributed by atoms with Gasteiger partial charge in [-0.15, -0.1) is 0 Å². The lowest BCUT2D eigenvalue weighted by molar-refractivity contribution is -0.00489. The lowest BCUT2D eigenvalue weighted by Gasteiger charge is -2.31. The molecule has 2 N–H and O–H groups in total. The van der Waals surface area contributed by atoms with Crippen LogP contribution >= 0.6 is 0 Å². The number of rotatable bonds is 7. The Morgan fingerprint density at radius 3 is 2.76 bits per heavy atom. The summed E-state index contributed by atoms with van der Waals surface area (Å²) in [7, 11) is 1.76. The van der Waals surface area contributed by atoms with Crippen LogP contribution in [-0.2, 0) is 11.2 Å². The van der Waals surface area contributed by atoms with Crippen LogP contribution in [0.4, 0.5) is 0 Å². The molecule has 0 radical (unpaired) electrons. The fraction of sp³-hybridized carbons (Fsp3) is 0.769. The molecule has 0 spiro atoms. The molecule has 0 amide bonds. The molecule has 0 aromatic carbocycles. The lowest BCUT2D eigenvalue weighted by atomic mass is 10.0. The number of nitrogens with zero attached hydrogens (tertiary/aromatic N) is 1. The van der Waals surface area contributed by atoms with Gasteiger partial charge in [0.15, 0.2) is 0 Å². The Balaban J connectivity index is 2.23. The molecule has 0 saturated heterocycles. The monoisotopic (exact) mass is 239 g/mol. The van der Waals surface area contributed by atoms with Crippen LogP contribution in [0.3, 0.4) is 0 Å². The van der Waals surface area contributed by atoms with Gasteiger partial charge in [0.2, 0.25) is 0 Å². The second-order valence-corrected chi connectivity index (χ2v) is 5.11. The molecule has 1 aromatic rings. The van der Waals surface area contributed by atoms with Gasteiger partial charge in [0.25, 0.3) is 0 Å². The average molecular weight is 239 g/mol. The Morgan fingerprint density at radius 1 is 1.53 bits per heavy atom. The first-order valence-corrected chi connectivity index (χ1v) is 6.24. The average Bonchev–Trinajstić information content (AvgIpc) is 2.70. The molecule has 1 atom stereocenters. The lowest BCUT2D eigenvalue weighted by Crippen LogP contribution is -2.46. The van der Waals surface area contributed by atoms with Crippen LogP contribution in [0.25, 0.3) is 0 Å². The van der Waals surface area contributed by atoms with Gasteiger partial charge in [-0.1, -0.05) is 0 Å². The summed E-state index contributed by atoms with van der Waals surface area (Å²) in [5, 5.41) is 10.5. The minimum Gasteiger partial charge on any atom is -0.377 e. The Morgan fingerprint density at radius 2 is 2.24 bits per heavy atom. The highest BCUT2D eigenvalue weighted by atomic mass is 16.5. The van der Waals surface area contributed by atoms with Crippen LogP contribution in [-0.4, -0.2) is 35.5 Å². The normalized spacial score (nSPS) is 13.9. The molecule has 17 heavy (non-hydrogen) atoms. The van der Waals surface area contributed by atoms with Gasteiger partial charge >= 0.3 is 0 Å². The van der Waals surface area contributed by atoms with E-state index in [9.17, 15) is 0 Å². The second kappa shape index (κ2) is 6.17. The molecule has 4 heteroatoms. The third-order valence-electron chi connectivity index (χ3n) is 3.58. The first-order valence-electron chi connectivity index (χ1n) is 6.24. The van der Waals surface area contributed by atoms with Gasteiger partial charge in [-0.3, -0.25) is 5.10 Å². The number of H-pyrrole nitrogens is 1. The summed E-state index contributed by atoms with van der Waals surface area (Å²) in [5.74, 6) is 0. The topological polar surface area (TPSA) is 49.9 Å². The van der Waals surface area contributed by atoms with Gasteiger partial charge < -0.3 is 10.1 Å². The van der Waals surface area contributed by atoms with Gasteiger partial charge in [-0.25, -0.2) is 0 Å². The minimum absolute atomic E-state index is 0.119. The first kappa shape index (κ1) is 14.2. The summed E-state index contributed by atoms with van der Waals surface area (Å²) < 4.78 is 5.44. The van der Waals surface area contributed by atoms with Crippen LogP contribution in [0.15, 0.2) is 6.20 Å². The van der Waals surface area contributed by atoms with Gasteiger partial charge in [0, 0.05) is 18.8 Å². The van der Waals surface area contributed by atoms with Crippen molar-refractivity contribution in [1.29, 1.82) is 0 Å². The van der Waals surface area contributed by atoms with Crippen molar-refractivity contribution in [2.45, 2.75) is 52.2 Å². The highest BCUT2D eigenvalue weighted by Gasteiger charge is 2.24. The van der Waals surface area contributed by atoms with Gasteiger partial charge in [0.1, 0.15) is 0 Å². The van der Waals surface area contributed by atoms with E-state index < -0.39 is 0 Å². The highest BCUT2D eigenvalue weighted by Crippen LogP contribution is 2.13. The molecule has 0 aliphatic rings. The van der Waals surface area contributed by atoms with E-state index in [1.807, 2.05) is 6.20 Å². The summed E-state index contributed by atoms with van der Waals surface area (Å²) in [6, 6.07) is 0.345. The molecule has 0 saturated carbocycles. The van der Waals surface area contributed by atoms with E-state index in [4.69, 9.17) is 4.74 Å². The Labute approximate surface area is 104 Å². The smallest absolute Gasteiger partial charge is 0.0772 e. The van der Waals surface area contributed by atoms with Crippen molar-refractivity contribution in [3.63, 3.8) is 0 Å². The number of hydrogen-bond acceptors (Lipinski definition) is 3. The minimum atomic E-state index is -0.119. The number of hydrogen-bond donors (Lipinski definition) is 2. The van der Waals surface area contributed by atoms with Crippen LogP contribution in [0.1, 0.15) is 38.4 Å².